The van der Waals surface area contributed by atoms with Gasteiger partial charge >= 0.3 is 0 Å². The molecule has 2 saturated carbocycles. The third kappa shape index (κ3) is 5.06. The SMILES string of the molecule is NCC1CCCCC1OCC(=O)NC1CCCCCC1. The van der Waals surface area contributed by atoms with E-state index in [1.165, 1.54) is 38.5 Å². The molecule has 0 aromatic heterocycles. The van der Waals surface area contributed by atoms with Crippen molar-refractivity contribution in [2.75, 3.05) is 13.2 Å². The maximum absolute atomic E-state index is 12.0. The molecule has 2 rings (SSSR count). The van der Waals surface area contributed by atoms with E-state index >= 15 is 0 Å². The Balaban J connectivity index is 1.68. The first-order chi connectivity index (χ1) is 9.79. The zero-order valence-corrected chi connectivity index (χ0v) is 12.6. The first-order valence-electron chi connectivity index (χ1n) is 8.40. The van der Waals surface area contributed by atoms with Gasteiger partial charge in [-0.2, -0.15) is 0 Å². The lowest BCUT2D eigenvalue weighted by molar-refractivity contribution is -0.130. The van der Waals surface area contributed by atoms with Crippen LogP contribution in [0.4, 0.5) is 0 Å². The van der Waals surface area contributed by atoms with Crippen molar-refractivity contribution < 1.29 is 9.53 Å². The van der Waals surface area contributed by atoms with Crippen molar-refractivity contribution in [3.63, 3.8) is 0 Å². The molecule has 0 bridgehead atoms. The van der Waals surface area contributed by atoms with Crippen LogP contribution >= 0.6 is 0 Å². The molecule has 1 amide bonds. The van der Waals surface area contributed by atoms with Crippen LogP contribution in [0.25, 0.3) is 0 Å². The summed E-state index contributed by atoms with van der Waals surface area (Å²) < 4.78 is 5.83. The quantitative estimate of drug-likeness (QED) is 0.761. The van der Waals surface area contributed by atoms with Gasteiger partial charge in [0.1, 0.15) is 6.61 Å². The van der Waals surface area contributed by atoms with Crippen LogP contribution in [0.5, 0.6) is 0 Å². The number of nitrogens with one attached hydrogen (secondary N) is 1. The van der Waals surface area contributed by atoms with Crippen molar-refractivity contribution in [2.45, 2.75) is 76.4 Å². The predicted octanol–water partition coefficient (Wildman–Crippen LogP) is 2.36. The molecule has 0 heterocycles. The minimum Gasteiger partial charge on any atom is -0.368 e. The summed E-state index contributed by atoms with van der Waals surface area (Å²) >= 11 is 0. The van der Waals surface area contributed by atoms with Gasteiger partial charge in [-0.1, -0.05) is 38.5 Å². The van der Waals surface area contributed by atoms with Crippen LogP contribution in [0.3, 0.4) is 0 Å². The Labute approximate surface area is 122 Å². The highest BCUT2D eigenvalue weighted by Gasteiger charge is 2.25. The maximum Gasteiger partial charge on any atom is 0.246 e. The Kier molecular flexibility index (Phi) is 6.80. The summed E-state index contributed by atoms with van der Waals surface area (Å²) in [5, 5.41) is 3.14. The Morgan fingerprint density at radius 3 is 2.35 bits per heavy atom. The molecule has 0 saturated heterocycles. The second-order valence-corrected chi connectivity index (χ2v) is 6.39. The van der Waals surface area contributed by atoms with Crippen molar-refractivity contribution in [2.24, 2.45) is 11.7 Å². The molecule has 2 fully saturated rings. The average molecular weight is 282 g/mol. The van der Waals surface area contributed by atoms with Gasteiger partial charge < -0.3 is 15.8 Å². The van der Waals surface area contributed by atoms with Gasteiger partial charge in [0.15, 0.2) is 0 Å². The van der Waals surface area contributed by atoms with Gasteiger partial charge in [-0.15, -0.1) is 0 Å². The first kappa shape index (κ1) is 15.8. The summed E-state index contributed by atoms with van der Waals surface area (Å²) in [5.74, 6) is 0.493. The number of carbonyl (C=O) groups is 1. The van der Waals surface area contributed by atoms with Crippen molar-refractivity contribution in [3.8, 4) is 0 Å². The predicted molar refractivity (Wildman–Crippen MR) is 80.4 cm³/mol. The van der Waals surface area contributed by atoms with E-state index in [0.29, 0.717) is 18.5 Å². The largest absolute Gasteiger partial charge is 0.368 e. The van der Waals surface area contributed by atoms with Crippen molar-refractivity contribution in [1.29, 1.82) is 0 Å². The van der Waals surface area contributed by atoms with E-state index in [2.05, 4.69) is 5.32 Å². The van der Waals surface area contributed by atoms with Crippen LogP contribution < -0.4 is 11.1 Å². The van der Waals surface area contributed by atoms with Crippen LogP contribution in [0.2, 0.25) is 0 Å². The Hall–Kier alpha value is -0.610. The fourth-order valence-electron chi connectivity index (χ4n) is 3.54. The number of carbonyl (C=O) groups excluding carboxylic acids is 1. The molecule has 4 heteroatoms. The highest BCUT2D eigenvalue weighted by Crippen LogP contribution is 2.26. The second kappa shape index (κ2) is 8.63. The molecule has 3 N–H and O–H groups in total. The van der Waals surface area contributed by atoms with Crippen molar-refractivity contribution >= 4 is 5.91 Å². The summed E-state index contributed by atoms with van der Waals surface area (Å²) in [4.78, 5) is 12.0. The monoisotopic (exact) mass is 282 g/mol. The number of hydrogen-bond acceptors (Lipinski definition) is 3. The van der Waals surface area contributed by atoms with Crippen LogP contribution in [0.15, 0.2) is 0 Å². The van der Waals surface area contributed by atoms with Crippen molar-refractivity contribution in [1.82, 2.24) is 5.32 Å². The molecule has 116 valence electrons. The molecule has 2 unspecified atom stereocenters. The molecule has 0 aromatic carbocycles. The number of amides is 1. The van der Waals surface area contributed by atoms with Crippen LogP contribution in [0, 0.1) is 5.92 Å². The average Bonchev–Trinajstić information content (AvgIpc) is 2.74. The Morgan fingerprint density at radius 2 is 1.65 bits per heavy atom. The minimum absolute atomic E-state index is 0.0539. The van der Waals surface area contributed by atoms with Gasteiger partial charge in [-0.05, 0) is 38.1 Å². The third-order valence-electron chi connectivity index (χ3n) is 4.79. The lowest BCUT2D eigenvalue weighted by Crippen LogP contribution is -2.40. The van der Waals surface area contributed by atoms with Crippen LogP contribution in [-0.4, -0.2) is 31.2 Å². The summed E-state index contributed by atoms with van der Waals surface area (Å²) in [6.45, 7) is 0.882. The molecular weight excluding hydrogens is 252 g/mol. The molecule has 2 aliphatic carbocycles. The van der Waals surface area contributed by atoms with Gasteiger partial charge in [-0.3, -0.25) is 4.79 Å². The van der Waals surface area contributed by atoms with Crippen LogP contribution in [-0.2, 0) is 9.53 Å². The minimum atomic E-state index is 0.0539. The van der Waals surface area contributed by atoms with E-state index in [4.69, 9.17) is 10.5 Å². The van der Waals surface area contributed by atoms with E-state index in [9.17, 15) is 4.79 Å². The number of hydrogen-bond donors (Lipinski definition) is 2. The third-order valence-corrected chi connectivity index (χ3v) is 4.79. The molecule has 20 heavy (non-hydrogen) atoms. The highest BCUT2D eigenvalue weighted by atomic mass is 16.5. The molecule has 0 radical (unpaired) electrons. The van der Waals surface area contributed by atoms with Gasteiger partial charge in [0.2, 0.25) is 5.91 Å². The van der Waals surface area contributed by atoms with Gasteiger partial charge in [-0.25, -0.2) is 0 Å². The molecule has 0 aromatic rings. The molecular formula is C16H30N2O2. The molecule has 0 aliphatic heterocycles. The van der Waals surface area contributed by atoms with Gasteiger partial charge in [0.25, 0.3) is 0 Å². The molecule has 2 atom stereocenters. The summed E-state index contributed by atoms with van der Waals surface area (Å²) in [5.41, 5.74) is 5.79. The maximum atomic E-state index is 12.0. The number of ether oxygens (including phenoxy) is 1. The summed E-state index contributed by atoms with van der Waals surface area (Å²) in [6, 6.07) is 0.366. The van der Waals surface area contributed by atoms with Gasteiger partial charge in [0.05, 0.1) is 6.10 Å². The smallest absolute Gasteiger partial charge is 0.246 e. The van der Waals surface area contributed by atoms with E-state index in [1.54, 1.807) is 0 Å². The fraction of sp³-hybridized carbons (Fsp3) is 0.938. The summed E-state index contributed by atoms with van der Waals surface area (Å²) in [6.07, 6.45) is 12.2. The van der Waals surface area contributed by atoms with Crippen LogP contribution in [0.1, 0.15) is 64.2 Å². The van der Waals surface area contributed by atoms with Crippen molar-refractivity contribution in [3.05, 3.63) is 0 Å². The van der Waals surface area contributed by atoms with E-state index in [1.807, 2.05) is 0 Å². The number of rotatable bonds is 5. The highest BCUT2D eigenvalue weighted by molar-refractivity contribution is 5.77. The molecule has 2 aliphatic rings. The number of nitrogens with two attached hydrogens (primary N) is 1. The fourth-order valence-corrected chi connectivity index (χ4v) is 3.54. The normalized spacial score (nSPS) is 28.9. The lowest BCUT2D eigenvalue weighted by atomic mass is 9.86. The second-order valence-electron chi connectivity index (χ2n) is 6.39. The van der Waals surface area contributed by atoms with Gasteiger partial charge in [0, 0.05) is 6.04 Å². The van der Waals surface area contributed by atoms with E-state index in [-0.39, 0.29) is 18.6 Å². The molecule has 4 nitrogen and oxygen atoms in total. The zero-order valence-electron chi connectivity index (χ0n) is 12.6. The first-order valence-corrected chi connectivity index (χ1v) is 8.40. The lowest BCUT2D eigenvalue weighted by Gasteiger charge is -2.30. The zero-order chi connectivity index (χ0) is 14.2. The van der Waals surface area contributed by atoms with E-state index < -0.39 is 0 Å². The standard InChI is InChI=1S/C16H30N2O2/c17-11-13-7-5-6-10-15(13)20-12-16(19)18-14-8-3-1-2-4-9-14/h13-15H,1-12,17H2,(H,18,19). The topological polar surface area (TPSA) is 64.3 Å². The molecule has 0 spiro atoms. The van der Waals surface area contributed by atoms with E-state index in [0.717, 1.165) is 25.7 Å². The summed E-state index contributed by atoms with van der Waals surface area (Å²) in [7, 11) is 0. The Morgan fingerprint density at radius 1 is 1.00 bits per heavy atom. The Bertz CT molecular complexity index is 288.